The van der Waals surface area contributed by atoms with Gasteiger partial charge in [0, 0.05) is 18.1 Å². The van der Waals surface area contributed by atoms with Gasteiger partial charge in [-0.25, -0.2) is 0 Å². The predicted molar refractivity (Wildman–Crippen MR) is 69.3 cm³/mol. The van der Waals surface area contributed by atoms with Crippen molar-refractivity contribution in [2.75, 3.05) is 0 Å². The maximum atomic E-state index is 5.86. The van der Waals surface area contributed by atoms with Gasteiger partial charge in [0.25, 0.3) is 0 Å². The van der Waals surface area contributed by atoms with Crippen molar-refractivity contribution in [2.45, 2.75) is 71.0 Å². The van der Waals surface area contributed by atoms with Crippen LogP contribution in [0.5, 0.6) is 0 Å². The minimum Gasteiger partial charge on any atom is -0.328 e. The maximum absolute atomic E-state index is 5.86. The summed E-state index contributed by atoms with van der Waals surface area (Å²) in [5, 5.41) is 3.87. The molecule has 3 N–H and O–H groups in total. The zero-order valence-corrected chi connectivity index (χ0v) is 11.1. The molecule has 2 aliphatic rings. The molecule has 3 unspecified atom stereocenters. The molecule has 2 heteroatoms. The molecule has 0 aromatic rings. The van der Waals surface area contributed by atoms with E-state index in [1.165, 1.54) is 32.1 Å². The van der Waals surface area contributed by atoms with Crippen LogP contribution in [0.4, 0.5) is 0 Å². The van der Waals surface area contributed by atoms with Crippen LogP contribution in [0, 0.1) is 17.8 Å². The first-order valence-electron chi connectivity index (χ1n) is 7.08. The molecule has 0 aliphatic heterocycles. The van der Waals surface area contributed by atoms with E-state index in [0.29, 0.717) is 12.1 Å². The van der Waals surface area contributed by atoms with E-state index in [2.05, 4.69) is 26.1 Å². The first kappa shape index (κ1) is 12.4. The molecule has 3 atom stereocenters. The van der Waals surface area contributed by atoms with E-state index in [4.69, 9.17) is 5.73 Å². The SMILES string of the molecule is CC1CCC(C(C)C)C(NC2CC(N)C2)C1. The van der Waals surface area contributed by atoms with Crippen molar-refractivity contribution in [2.24, 2.45) is 23.5 Å². The maximum Gasteiger partial charge on any atom is 0.0103 e. The summed E-state index contributed by atoms with van der Waals surface area (Å²) in [7, 11) is 0. The molecule has 0 spiro atoms. The second-order valence-electron chi connectivity index (χ2n) is 6.53. The monoisotopic (exact) mass is 224 g/mol. The Bertz CT molecular complexity index is 221. The highest BCUT2D eigenvalue weighted by molar-refractivity contribution is 4.93. The summed E-state index contributed by atoms with van der Waals surface area (Å²) < 4.78 is 0. The molecule has 2 fully saturated rings. The number of nitrogens with two attached hydrogens (primary N) is 1. The molecule has 16 heavy (non-hydrogen) atoms. The fourth-order valence-electron chi connectivity index (χ4n) is 3.49. The summed E-state index contributed by atoms with van der Waals surface area (Å²) in [6.45, 7) is 7.15. The Hall–Kier alpha value is -0.0800. The standard InChI is InChI=1S/C14H28N2/c1-9(2)13-5-4-10(3)6-14(13)16-12-7-11(15)8-12/h9-14,16H,4-8,15H2,1-3H3. The summed E-state index contributed by atoms with van der Waals surface area (Å²) in [5.41, 5.74) is 5.86. The molecule has 0 amide bonds. The van der Waals surface area contributed by atoms with Crippen molar-refractivity contribution < 1.29 is 0 Å². The molecular weight excluding hydrogens is 196 g/mol. The van der Waals surface area contributed by atoms with Crippen LogP contribution in [0.2, 0.25) is 0 Å². The number of hydrogen-bond acceptors (Lipinski definition) is 2. The molecule has 0 saturated heterocycles. The van der Waals surface area contributed by atoms with Gasteiger partial charge in [0.1, 0.15) is 0 Å². The van der Waals surface area contributed by atoms with E-state index in [1.807, 2.05) is 0 Å². The van der Waals surface area contributed by atoms with Gasteiger partial charge >= 0.3 is 0 Å². The minimum atomic E-state index is 0.469. The zero-order chi connectivity index (χ0) is 11.7. The van der Waals surface area contributed by atoms with Crippen molar-refractivity contribution in [3.8, 4) is 0 Å². The van der Waals surface area contributed by atoms with E-state index < -0.39 is 0 Å². The largest absolute Gasteiger partial charge is 0.328 e. The second kappa shape index (κ2) is 5.05. The Labute approximate surface area is 100 Å². The smallest absolute Gasteiger partial charge is 0.0103 e. The van der Waals surface area contributed by atoms with Crippen molar-refractivity contribution >= 4 is 0 Å². The fourth-order valence-corrected chi connectivity index (χ4v) is 3.49. The van der Waals surface area contributed by atoms with Gasteiger partial charge in [-0.3, -0.25) is 0 Å². The number of nitrogens with one attached hydrogen (secondary N) is 1. The summed E-state index contributed by atoms with van der Waals surface area (Å²) in [6.07, 6.45) is 6.58. The topological polar surface area (TPSA) is 38.0 Å². The van der Waals surface area contributed by atoms with Crippen LogP contribution in [0.25, 0.3) is 0 Å². The lowest BCUT2D eigenvalue weighted by atomic mass is 9.73. The quantitative estimate of drug-likeness (QED) is 0.773. The van der Waals surface area contributed by atoms with E-state index in [1.54, 1.807) is 0 Å². The Kier molecular flexibility index (Phi) is 3.91. The van der Waals surface area contributed by atoms with E-state index in [0.717, 1.165) is 23.8 Å². The molecule has 0 radical (unpaired) electrons. The molecule has 2 aliphatic carbocycles. The van der Waals surface area contributed by atoms with E-state index in [-0.39, 0.29) is 0 Å². The third-order valence-corrected chi connectivity index (χ3v) is 4.65. The summed E-state index contributed by atoms with van der Waals surface area (Å²) in [4.78, 5) is 0. The lowest BCUT2D eigenvalue weighted by molar-refractivity contribution is 0.136. The average Bonchev–Trinajstić information content (AvgIpc) is 2.15. The molecular formula is C14H28N2. The van der Waals surface area contributed by atoms with Gasteiger partial charge < -0.3 is 11.1 Å². The van der Waals surface area contributed by atoms with E-state index >= 15 is 0 Å². The number of rotatable bonds is 3. The Morgan fingerprint density at radius 3 is 2.38 bits per heavy atom. The van der Waals surface area contributed by atoms with Crippen LogP contribution < -0.4 is 11.1 Å². The Balaban J connectivity index is 1.87. The average molecular weight is 224 g/mol. The second-order valence-corrected chi connectivity index (χ2v) is 6.53. The lowest BCUT2D eigenvalue weighted by Gasteiger charge is -2.43. The molecule has 2 saturated carbocycles. The van der Waals surface area contributed by atoms with Gasteiger partial charge in [0.2, 0.25) is 0 Å². The first-order valence-corrected chi connectivity index (χ1v) is 7.08. The summed E-state index contributed by atoms with van der Waals surface area (Å²) >= 11 is 0. The molecule has 94 valence electrons. The lowest BCUT2D eigenvalue weighted by Crippen LogP contribution is -2.55. The van der Waals surface area contributed by atoms with Gasteiger partial charge in [-0.1, -0.05) is 27.2 Å². The van der Waals surface area contributed by atoms with Crippen LogP contribution in [-0.4, -0.2) is 18.1 Å². The highest BCUT2D eigenvalue weighted by atomic mass is 15.0. The minimum absolute atomic E-state index is 0.469. The zero-order valence-electron chi connectivity index (χ0n) is 11.1. The van der Waals surface area contributed by atoms with Gasteiger partial charge in [-0.15, -0.1) is 0 Å². The highest BCUT2D eigenvalue weighted by Crippen LogP contribution is 2.34. The highest BCUT2D eigenvalue weighted by Gasteiger charge is 2.34. The van der Waals surface area contributed by atoms with Crippen LogP contribution >= 0.6 is 0 Å². The van der Waals surface area contributed by atoms with Crippen LogP contribution in [-0.2, 0) is 0 Å². The van der Waals surface area contributed by atoms with Crippen molar-refractivity contribution in [3.05, 3.63) is 0 Å². The van der Waals surface area contributed by atoms with Crippen LogP contribution in [0.1, 0.15) is 52.9 Å². The first-order chi connectivity index (χ1) is 7.56. The molecule has 0 aromatic heterocycles. The predicted octanol–water partition coefficient (Wildman–Crippen LogP) is 2.53. The van der Waals surface area contributed by atoms with E-state index in [9.17, 15) is 0 Å². The van der Waals surface area contributed by atoms with Gasteiger partial charge in [0.05, 0.1) is 0 Å². The normalized spacial score (nSPS) is 44.4. The fraction of sp³-hybridized carbons (Fsp3) is 1.00. The van der Waals surface area contributed by atoms with Crippen LogP contribution in [0.3, 0.4) is 0 Å². The summed E-state index contributed by atoms with van der Waals surface area (Å²) in [6, 6.07) is 1.93. The van der Waals surface area contributed by atoms with Gasteiger partial charge in [-0.05, 0) is 43.4 Å². The third kappa shape index (κ3) is 2.78. The Morgan fingerprint density at radius 1 is 1.12 bits per heavy atom. The third-order valence-electron chi connectivity index (χ3n) is 4.65. The molecule has 2 nitrogen and oxygen atoms in total. The molecule has 0 heterocycles. The molecule has 0 bridgehead atoms. The molecule has 0 aromatic carbocycles. The Morgan fingerprint density at radius 2 is 1.81 bits per heavy atom. The van der Waals surface area contributed by atoms with Crippen molar-refractivity contribution in [3.63, 3.8) is 0 Å². The summed E-state index contributed by atoms with van der Waals surface area (Å²) in [5.74, 6) is 2.60. The number of hydrogen-bond donors (Lipinski definition) is 2. The van der Waals surface area contributed by atoms with Crippen molar-refractivity contribution in [1.82, 2.24) is 5.32 Å². The van der Waals surface area contributed by atoms with Crippen LogP contribution in [0.15, 0.2) is 0 Å². The van der Waals surface area contributed by atoms with Gasteiger partial charge in [0.15, 0.2) is 0 Å². The molecule has 2 rings (SSSR count). The van der Waals surface area contributed by atoms with Gasteiger partial charge in [-0.2, -0.15) is 0 Å². The van der Waals surface area contributed by atoms with Crippen molar-refractivity contribution in [1.29, 1.82) is 0 Å².